The summed E-state index contributed by atoms with van der Waals surface area (Å²) in [6.45, 7) is 6.00. The molecule has 0 saturated heterocycles. The highest BCUT2D eigenvalue weighted by Crippen LogP contribution is 2.29. The first kappa shape index (κ1) is 14.9. The quantitative estimate of drug-likeness (QED) is 0.867. The minimum Gasteiger partial charge on any atom is -0.480 e. The summed E-state index contributed by atoms with van der Waals surface area (Å²) in [5, 5.41) is 12.5. The number of carboxylic acid groups (broad SMARTS) is 1. The molecule has 0 aliphatic rings. The lowest BCUT2D eigenvalue weighted by atomic mass is 9.91. The Balaban J connectivity index is 3.14. The van der Waals surface area contributed by atoms with Gasteiger partial charge in [-0.25, -0.2) is 9.18 Å². The van der Waals surface area contributed by atoms with Gasteiger partial charge >= 0.3 is 5.97 Å². The van der Waals surface area contributed by atoms with Crippen LogP contribution in [0.2, 0.25) is 5.02 Å². The molecule has 100 valence electrons. The lowest BCUT2D eigenvalue weighted by Crippen LogP contribution is -2.48. The van der Waals surface area contributed by atoms with Gasteiger partial charge in [0.15, 0.2) is 0 Å². The minimum absolute atomic E-state index is 0.108. The van der Waals surface area contributed by atoms with Gasteiger partial charge in [0, 0.05) is 10.6 Å². The average Bonchev–Trinajstić information content (AvgIpc) is 2.25. The molecule has 0 radical (unpaired) electrons. The van der Waals surface area contributed by atoms with Gasteiger partial charge in [-0.2, -0.15) is 0 Å². The van der Waals surface area contributed by atoms with Gasteiger partial charge in [0.05, 0.1) is 0 Å². The van der Waals surface area contributed by atoms with Crippen LogP contribution in [0.15, 0.2) is 18.2 Å². The predicted octanol–water partition coefficient (Wildman–Crippen LogP) is 3.02. The number of rotatable bonds is 5. The molecule has 0 saturated carbocycles. The molecule has 2 N–H and O–H groups in total. The molecule has 1 aromatic carbocycles. The van der Waals surface area contributed by atoms with Crippen LogP contribution in [0.5, 0.6) is 0 Å². The number of halogens is 2. The van der Waals surface area contributed by atoms with Crippen LogP contribution in [0, 0.1) is 11.7 Å². The van der Waals surface area contributed by atoms with Gasteiger partial charge in [0.2, 0.25) is 0 Å². The first-order chi connectivity index (χ1) is 8.27. The molecule has 0 aliphatic carbocycles. The van der Waals surface area contributed by atoms with E-state index in [-0.39, 0.29) is 5.02 Å². The maximum atomic E-state index is 13.0. The van der Waals surface area contributed by atoms with Crippen molar-refractivity contribution >= 4 is 17.6 Å². The molecule has 0 aromatic heterocycles. The van der Waals surface area contributed by atoms with Gasteiger partial charge in [0.1, 0.15) is 11.4 Å². The molecule has 1 unspecified atom stereocenters. The highest BCUT2D eigenvalue weighted by Gasteiger charge is 2.36. The smallest absolute Gasteiger partial charge is 0.328 e. The van der Waals surface area contributed by atoms with Crippen molar-refractivity contribution in [2.75, 3.05) is 6.54 Å². The first-order valence-electron chi connectivity index (χ1n) is 5.71. The summed E-state index contributed by atoms with van der Waals surface area (Å²) < 4.78 is 13.0. The Morgan fingerprint density at radius 2 is 2.17 bits per heavy atom. The van der Waals surface area contributed by atoms with Crippen molar-refractivity contribution in [3.8, 4) is 0 Å². The van der Waals surface area contributed by atoms with Crippen LogP contribution in [-0.2, 0) is 10.3 Å². The molecule has 0 bridgehead atoms. The second kappa shape index (κ2) is 5.67. The highest BCUT2D eigenvalue weighted by molar-refractivity contribution is 6.31. The summed E-state index contributed by atoms with van der Waals surface area (Å²) in [6.07, 6.45) is 0. The zero-order chi connectivity index (χ0) is 13.9. The number of benzene rings is 1. The fourth-order valence-corrected chi connectivity index (χ4v) is 1.95. The topological polar surface area (TPSA) is 49.3 Å². The van der Waals surface area contributed by atoms with E-state index in [4.69, 9.17) is 11.6 Å². The van der Waals surface area contributed by atoms with Gasteiger partial charge in [-0.05, 0) is 31.5 Å². The average molecular weight is 274 g/mol. The zero-order valence-electron chi connectivity index (χ0n) is 10.6. The van der Waals surface area contributed by atoms with E-state index in [0.29, 0.717) is 18.0 Å². The van der Waals surface area contributed by atoms with E-state index in [0.717, 1.165) is 6.07 Å². The third kappa shape index (κ3) is 3.21. The summed E-state index contributed by atoms with van der Waals surface area (Å²) in [6, 6.07) is 3.73. The third-order valence-electron chi connectivity index (χ3n) is 2.76. The maximum Gasteiger partial charge on any atom is 0.328 e. The second-order valence-electron chi connectivity index (χ2n) is 4.83. The number of nitrogens with one attached hydrogen (secondary N) is 1. The van der Waals surface area contributed by atoms with Gasteiger partial charge in [0.25, 0.3) is 0 Å². The predicted molar refractivity (Wildman–Crippen MR) is 69.2 cm³/mol. The monoisotopic (exact) mass is 273 g/mol. The molecule has 0 amide bonds. The fraction of sp³-hybridized carbons (Fsp3) is 0.462. The number of hydrogen-bond acceptors (Lipinski definition) is 2. The largest absolute Gasteiger partial charge is 0.480 e. The van der Waals surface area contributed by atoms with Crippen LogP contribution in [-0.4, -0.2) is 17.6 Å². The Labute approximate surface area is 111 Å². The SMILES string of the molecule is CC(C)CNC(C)(C(=O)O)c1ccc(F)cc1Cl. The molecule has 3 nitrogen and oxygen atoms in total. The van der Waals surface area contributed by atoms with Crippen molar-refractivity contribution in [3.63, 3.8) is 0 Å². The van der Waals surface area contributed by atoms with Gasteiger partial charge in [-0.1, -0.05) is 31.5 Å². The zero-order valence-corrected chi connectivity index (χ0v) is 11.4. The van der Waals surface area contributed by atoms with Crippen LogP contribution in [0.4, 0.5) is 4.39 Å². The maximum absolute atomic E-state index is 13.0. The van der Waals surface area contributed by atoms with E-state index in [1.807, 2.05) is 13.8 Å². The first-order valence-corrected chi connectivity index (χ1v) is 6.09. The molecule has 18 heavy (non-hydrogen) atoms. The van der Waals surface area contributed by atoms with E-state index in [9.17, 15) is 14.3 Å². The fourth-order valence-electron chi connectivity index (χ4n) is 1.59. The summed E-state index contributed by atoms with van der Waals surface area (Å²) in [4.78, 5) is 11.5. The minimum atomic E-state index is -1.32. The van der Waals surface area contributed by atoms with Crippen LogP contribution in [0.25, 0.3) is 0 Å². The Bertz CT molecular complexity index is 451. The van der Waals surface area contributed by atoms with Crippen molar-refractivity contribution in [2.45, 2.75) is 26.3 Å². The molecule has 0 fully saturated rings. The standard InChI is InChI=1S/C13H17ClFNO2/c1-8(2)7-16-13(3,12(17)18)10-5-4-9(15)6-11(10)14/h4-6,8,16H,7H2,1-3H3,(H,17,18). The second-order valence-corrected chi connectivity index (χ2v) is 5.24. The molecular weight excluding hydrogens is 257 g/mol. The molecule has 1 rings (SSSR count). The number of carboxylic acids is 1. The molecule has 1 aromatic rings. The number of carbonyl (C=O) groups is 1. The Hall–Kier alpha value is -1.13. The van der Waals surface area contributed by atoms with E-state index in [1.165, 1.54) is 19.1 Å². The van der Waals surface area contributed by atoms with Crippen molar-refractivity contribution in [1.29, 1.82) is 0 Å². The molecule has 1 atom stereocenters. The normalized spacial score (nSPS) is 14.6. The van der Waals surface area contributed by atoms with Crippen LogP contribution >= 0.6 is 11.6 Å². The summed E-state index contributed by atoms with van der Waals surface area (Å²) >= 11 is 5.93. The molecular formula is C13H17ClFNO2. The Morgan fingerprint density at radius 3 is 2.61 bits per heavy atom. The van der Waals surface area contributed by atoms with Gasteiger partial charge in [-0.3, -0.25) is 5.32 Å². The summed E-state index contributed by atoms with van der Waals surface area (Å²) in [5.74, 6) is -1.24. The third-order valence-corrected chi connectivity index (χ3v) is 3.07. The number of hydrogen-bond donors (Lipinski definition) is 2. The van der Waals surface area contributed by atoms with Gasteiger partial charge in [-0.15, -0.1) is 0 Å². The molecule has 5 heteroatoms. The Morgan fingerprint density at radius 1 is 1.56 bits per heavy atom. The molecule has 0 aliphatic heterocycles. The van der Waals surface area contributed by atoms with Crippen LogP contribution in [0.1, 0.15) is 26.3 Å². The molecule has 0 heterocycles. The van der Waals surface area contributed by atoms with Crippen LogP contribution in [0.3, 0.4) is 0 Å². The summed E-state index contributed by atoms with van der Waals surface area (Å²) in [5.41, 5.74) is -0.964. The number of aliphatic carboxylic acids is 1. The van der Waals surface area contributed by atoms with Crippen molar-refractivity contribution in [3.05, 3.63) is 34.6 Å². The lowest BCUT2D eigenvalue weighted by molar-refractivity contribution is -0.144. The van der Waals surface area contributed by atoms with E-state index in [1.54, 1.807) is 0 Å². The van der Waals surface area contributed by atoms with Crippen molar-refractivity contribution < 1.29 is 14.3 Å². The van der Waals surface area contributed by atoms with Crippen LogP contribution < -0.4 is 5.32 Å². The Kier molecular flexibility index (Phi) is 4.71. The molecule has 0 spiro atoms. The van der Waals surface area contributed by atoms with Gasteiger partial charge < -0.3 is 5.11 Å². The summed E-state index contributed by atoms with van der Waals surface area (Å²) in [7, 11) is 0. The lowest BCUT2D eigenvalue weighted by Gasteiger charge is -2.28. The van der Waals surface area contributed by atoms with Crippen molar-refractivity contribution in [1.82, 2.24) is 5.32 Å². The van der Waals surface area contributed by atoms with Crippen molar-refractivity contribution in [2.24, 2.45) is 5.92 Å². The van der Waals surface area contributed by atoms with E-state index in [2.05, 4.69) is 5.32 Å². The van der Waals surface area contributed by atoms with E-state index >= 15 is 0 Å². The highest BCUT2D eigenvalue weighted by atomic mass is 35.5. The van der Waals surface area contributed by atoms with E-state index < -0.39 is 17.3 Å².